The van der Waals surface area contributed by atoms with Gasteiger partial charge in [-0.3, -0.25) is 14.5 Å². The van der Waals surface area contributed by atoms with Crippen LogP contribution in [0.5, 0.6) is 0 Å². The van der Waals surface area contributed by atoms with Gasteiger partial charge in [0.25, 0.3) is 0 Å². The van der Waals surface area contributed by atoms with Crippen molar-refractivity contribution in [3.63, 3.8) is 0 Å². The zero-order chi connectivity index (χ0) is 19.4. The Hall–Kier alpha value is -1.92. The molecule has 5 nitrogen and oxygen atoms in total. The quantitative estimate of drug-likeness (QED) is 0.724. The highest BCUT2D eigenvalue weighted by atomic mass is 35.5. The summed E-state index contributed by atoms with van der Waals surface area (Å²) in [6.07, 6.45) is 4.99. The maximum Gasteiger partial charge on any atom is 0.304 e. The van der Waals surface area contributed by atoms with Gasteiger partial charge < -0.3 is 5.11 Å². The molecule has 1 amide bonds. The summed E-state index contributed by atoms with van der Waals surface area (Å²) in [6.45, 7) is 0. The van der Waals surface area contributed by atoms with Gasteiger partial charge in [-0.15, -0.1) is 11.3 Å². The molecule has 144 valence electrons. The molecule has 1 heterocycles. The SMILES string of the molecule is CN(C(=O)C(CC(=O)O)C1CCCCC1)c1nc(-c2ccccc2Cl)cs1. The summed E-state index contributed by atoms with van der Waals surface area (Å²) < 4.78 is 0. The normalized spacial score (nSPS) is 16.1. The monoisotopic (exact) mass is 406 g/mol. The predicted octanol–water partition coefficient (Wildman–Crippen LogP) is 5.10. The van der Waals surface area contributed by atoms with Gasteiger partial charge in [0.15, 0.2) is 5.13 Å². The molecule has 1 N–H and O–H groups in total. The average molecular weight is 407 g/mol. The molecular formula is C20H23ClN2O3S. The molecular weight excluding hydrogens is 384 g/mol. The van der Waals surface area contributed by atoms with E-state index in [1.54, 1.807) is 13.1 Å². The molecule has 0 aliphatic heterocycles. The number of thiazole rings is 1. The van der Waals surface area contributed by atoms with Gasteiger partial charge in [-0.2, -0.15) is 0 Å². The highest BCUT2D eigenvalue weighted by Crippen LogP contribution is 2.35. The maximum absolute atomic E-state index is 13.1. The zero-order valence-electron chi connectivity index (χ0n) is 15.2. The molecule has 0 spiro atoms. The van der Waals surface area contributed by atoms with Gasteiger partial charge in [0.05, 0.1) is 18.0 Å². The van der Waals surface area contributed by atoms with E-state index in [9.17, 15) is 14.7 Å². The molecule has 1 aromatic heterocycles. The van der Waals surface area contributed by atoms with Crippen LogP contribution >= 0.6 is 22.9 Å². The molecule has 1 saturated carbocycles. The number of aliphatic carboxylic acids is 1. The Bertz CT molecular complexity index is 817. The number of rotatable bonds is 6. The Kier molecular flexibility index (Phi) is 6.50. The summed E-state index contributed by atoms with van der Waals surface area (Å²) >= 11 is 7.60. The van der Waals surface area contributed by atoms with Crippen LogP contribution in [0.3, 0.4) is 0 Å². The summed E-state index contributed by atoms with van der Waals surface area (Å²) in [5.74, 6) is -1.46. The molecule has 0 radical (unpaired) electrons. The fourth-order valence-electron chi connectivity index (χ4n) is 3.73. The molecule has 1 aromatic carbocycles. The minimum absolute atomic E-state index is 0.128. The van der Waals surface area contributed by atoms with Crippen molar-refractivity contribution in [1.82, 2.24) is 4.98 Å². The lowest BCUT2D eigenvalue weighted by Crippen LogP contribution is -2.38. The van der Waals surface area contributed by atoms with Gasteiger partial charge >= 0.3 is 5.97 Å². The van der Waals surface area contributed by atoms with Gasteiger partial charge in [0, 0.05) is 23.0 Å². The number of aromatic nitrogens is 1. The lowest BCUT2D eigenvalue weighted by Gasteiger charge is -2.30. The van der Waals surface area contributed by atoms with Crippen LogP contribution in [0.1, 0.15) is 38.5 Å². The van der Waals surface area contributed by atoms with Crippen molar-refractivity contribution in [1.29, 1.82) is 0 Å². The number of carboxylic acids is 1. The van der Waals surface area contributed by atoms with E-state index < -0.39 is 11.9 Å². The number of halogens is 1. The number of hydrogen-bond acceptors (Lipinski definition) is 4. The van der Waals surface area contributed by atoms with E-state index in [1.807, 2.05) is 23.6 Å². The summed E-state index contributed by atoms with van der Waals surface area (Å²) in [4.78, 5) is 30.5. The second-order valence-electron chi connectivity index (χ2n) is 6.99. The number of carboxylic acid groups (broad SMARTS) is 1. The van der Waals surface area contributed by atoms with Crippen molar-refractivity contribution >= 4 is 39.9 Å². The topological polar surface area (TPSA) is 70.5 Å². The Labute approximate surface area is 168 Å². The van der Waals surface area contributed by atoms with Crippen molar-refractivity contribution < 1.29 is 14.7 Å². The Balaban J connectivity index is 1.80. The van der Waals surface area contributed by atoms with Gasteiger partial charge in [0.2, 0.25) is 5.91 Å². The molecule has 7 heteroatoms. The predicted molar refractivity (Wildman–Crippen MR) is 108 cm³/mol. The van der Waals surface area contributed by atoms with Gasteiger partial charge in [-0.25, -0.2) is 4.98 Å². The molecule has 1 aliphatic rings. The first-order valence-electron chi connectivity index (χ1n) is 9.17. The van der Waals surface area contributed by atoms with Crippen LogP contribution < -0.4 is 4.90 Å². The van der Waals surface area contributed by atoms with Crippen molar-refractivity contribution in [2.24, 2.45) is 11.8 Å². The van der Waals surface area contributed by atoms with Gasteiger partial charge in [-0.1, -0.05) is 49.1 Å². The number of carbonyl (C=O) groups is 2. The summed E-state index contributed by atoms with van der Waals surface area (Å²) in [6, 6.07) is 7.44. The molecule has 1 aliphatic carbocycles. The first kappa shape index (κ1) is 19.8. The minimum atomic E-state index is -0.928. The number of carbonyl (C=O) groups excluding carboxylic acids is 1. The molecule has 1 fully saturated rings. The van der Waals surface area contributed by atoms with Crippen molar-refractivity contribution in [2.75, 3.05) is 11.9 Å². The third-order valence-electron chi connectivity index (χ3n) is 5.19. The minimum Gasteiger partial charge on any atom is -0.481 e. The van der Waals surface area contributed by atoms with E-state index in [2.05, 4.69) is 4.98 Å². The number of benzene rings is 1. The third kappa shape index (κ3) is 4.68. The van der Waals surface area contributed by atoms with E-state index in [4.69, 9.17) is 11.6 Å². The van der Waals surface area contributed by atoms with E-state index >= 15 is 0 Å². The maximum atomic E-state index is 13.1. The second-order valence-corrected chi connectivity index (χ2v) is 8.24. The molecule has 0 bridgehead atoms. The van der Waals surface area contributed by atoms with Crippen LogP contribution in [0.15, 0.2) is 29.6 Å². The molecule has 1 unspecified atom stereocenters. The van der Waals surface area contributed by atoms with Crippen molar-refractivity contribution in [2.45, 2.75) is 38.5 Å². The standard InChI is InChI=1S/C20H23ClN2O3S/c1-23(19(26)15(11-18(24)25)13-7-3-2-4-8-13)20-22-17(12-27-20)14-9-5-6-10-16(14)21/h5-6,9-10,12-13,15H,2-4,7-8,11H2,1H3,(H,24,25). The zero-order valence-corrected chi connectivity index (χ0v) is 16.8. The van der Waals surface area contributed by atoms with Crippen molar-refractivity contribution in [3.05, 3.63) is 34.7 Å². The highest BCUT2D eigenvalue weighted by molar-refractivity contribution is 7.14. The fourth-order valence-corrected chi connectivity index (χ4v) is 4.76. The van der Waals surface area contributed by atoms with Crippen LogP contribution in [0, 0.1) is 11.8 Å². The Morgan fingerprint density at radius 2 is 2.00 bits per heavy atom. The Morgan fingerprint density at radius 3 is 2.67 bits per heavy atom. The van der Waals surface area contributed by atoms with Gasteiger partial charge in [-0.05, 0) is 24.8 Å². The van der Waals surface area contributed by atoms with Crippen LogP contribution in [-0.2, 0) is 9.59 Å². The van der Waals surface area contributed by atoms with Crippen LogP contribution in [-0.4, -0.2) is 29.0 Å². The summed E-state index contributed by atoms with van der Waals surface area (Å²) in [5.41, 5.74) is 1.53. The molecule has 3 rings (SSSR count). The number of anilines is 1. The van der Waals surface area contributed by atoms with Crippen molar-refractivity contribution in [3.8, 4) is 11.3 Å². The summed E-state index contributed by atoms with van der Waals surface area (Å²) in [7, 11) is 1.68. The highest BCUT2D eigenvalue weighted by Gasteiger charge is 2.34. The number of hydrogen-bond donors (Lipinski definition) is 1. The molecule has 27 heavy (non-hydrogen) atoms. The first-order valence-corrected chi connectivity index (χ1v) is 10.4. The largest absolute Gasteiger partial charge is 0.481 e. The van der Waals surface area contributed by atoms with E-state index in [1.165, 1.54) is 16.2 Å². The average Bonchev–Trinajstić information content (AvgIpc) is 3.16. The number of amides is 1. The lowest BCUT2D eigenvalue weighted by molar-refractivity contribution is -0.141. The molecule has 2 aromatic rings. The smallest absolute Gasteiger partial charge is 0.304 e. The molecule has 1 atom stereocenters. The van der Waals surface area contributed by atoms with Crippen LogP contribution in [0.25, 0.3) is 11.3 Å². The van der Waals surface area contributed by atoms with E-state index in [0.717, 1.165) is 37.7 Å². The third-order valence-corrected chi connectivity index (χ3v) is 6.44. The lowest BCUT2D eigenvalue weighted by atomic mass is 9.78. The van der Waals surface area contributed by atoms with E-state index in [0.29, 0.717) is 15.8 Å². The number of nitrogens with zero attached hydrogens (tertiary/aromatic N) is 2. The van der Waals surface area contributed by atoms with Crippen LogP contribution in [0.4, 0.5) is 5.13 Å². The van der Waals surface area contributed by atoms with Gasteiger partial charge in [0.1, 0.15) is 0 Å². The van der Waals surface area contributed by atoms with E-state index in [-0.39, 0.29) is 18.2 Å². The summed E-state index contributed by atoms with van der Waals surface area (Å²) in [5, 5.41) is 12.3. The fraction of sp³-hybridized carbons (Fsp3) is 0.450. The van der Waals surface area contributed by atoms with Crippen LogP contribution in [0.2, 0.25) is 5.02 Å². The molecule has 0 saturated heterocycles. The Morgan fingerprint density at radius 1 is 1.30 bits per heavy atom. The second kappa shape index (κ2) is 8.85. The first-order chi connectivity index (χ1) is 13.0.